The topological polar surface area (TPSA) is 54.5 Å². The number of nitrogens with zero attached hydrogens (tertiary/aromatic N) is 3. The highest BCUT2D eigenvalue weighted by Crippen LogP contribution is 2.31. The number of nitrogens with one attached hydrogen (secondary N) is 1. The van der Waals surface area contributed by atoms with E-state index in [1.807, 2.05) is 6.92 Å². The summed E-state index contributed by atoms with van der Waals surface area (Å²) in [5, 5.41) is 9.28. The third-order valence-electron chi connectivity index (χ3n) is 2.16. The van der Waals surface area contributed by atoms with Crippen molar-refractivity contribution in [1.29, 1.82) is 0 Å². The first-order chi connectivity index (χ1) is 6.77. The van der Waals surface area contributed by atoms with Crippen LogP contribution in [0, 0.1) is 6.92 Å². The average Bonchev–Trinajstić information content (AvgIpc) is 2.72. The lowest BCUT2D eigenvalue weighted by Gasteiger charge is -1.94. The summed E-state index contributed by atoms with van der Waals surface area (Å²) >= 11 is 7.34. The van der Waals surface area contributed by atoms with Gasteiger partial charge in [0.05, 0.1) is 11.9 Å². The maximum atomic E-state index is 5.98. The van der Waals surface area contributed by atoms with Gasteiger partial charge >= 0.3 is 0 Å². The van der Waals surface area contributed by atoms with Gasteiger partial charge in [0.1, 0.15) is 10.3 Å². The van der Waals surface area contributed by atoms with Gasteiger partial charge in [-0.2, -0.15) is 9.47 Å². The predicted molar refractivity (Wildman–Crippen MR) is 56.8 cm³/mol. The average molecular weight is 225 g/mol. The zero-order valence-electron chi connectivity index (χ0n) is 7.21. The minimum atomic E-state index is 0.452. The molecule has 0 bridgehead atoms. The maximum Gasteiger partial charge on any atom is 0.156 e. The Morgan fingerprint density at radius 2 is 2.36 bits per heavy atom. The quantitative estimate of drug-likeness (QED) is 0.597. The summed E-state index contributed by atoms with van der Waals surface area (Å²) in [6, 6.07) is 0. The first-order valence-corrected chi connectivity index (χ1v) is 5.17. The number of aromatic amines is 1. The van der Waals surface area contributed by atoms with Gasteiger partial charge in [-0.15, -0.1) is 0 Å². The smallest absolute Gasteiger partial charge is 0.156 e. The van der Waals surface area contributed by atoms with Crippen molar-refractivity contribution in [3.63, 3.8) is 0 Å². The second kappa shape index (κ2) is 2.65. The van der Waals surface area contributed by atoms with Crippen LogP contribution in [-0.4, -0.2) is 19.6 Å². The minimum Gasteiger partial charge on any atom is -0.275 e. The molecule has 0 saturated carbocycles. The Kier molecular flexibility index (Phi) is 1.54. The summed E-state index contributed by atoms with van der Waals surface area (Å²) in [7, 11) is 0. The first-order valence-electron chi connectivity index (χ1n) is 4.02. The van der Waals surface area contributed by atoms with Gasteiger partial charge in [0.25, 0.3) is 0 Å². The zero-order chi connectivity index (χ0) is 9.71. The molecule has 0 aliphatic rings. The number of aryl methyl sites for hydroxylation is 1. The Bertz CT molecular complexity index is 627. The van der Waals surface area contributed by atoms with Crippen molar-refractivity contribution in [2.24, 2.45) is 0 Å². The summed E-state index contributed by atoms with van der Waals surface area (Å²) in [6.07, 6.45) is 1.76. The zero-order valence-corrected chi connectivity index (χ0v) is 8.78. The molecule has 0 aromatic carbocycles. The van der Waals surface area contributed by atoms with E-state index in [2.05, 4.69) is 19.6 Å². The molecule has 0 amide bonds. The lowest BCUT2D eigenvalue weighted by atomic mass is 10.2. The van der Waals surface area contributed by atoms with Crippen molar-refractivity contribution < 1.29 is 0 Å². The van der Waals surface area contributed by atoms with Crippen LogP contribution in [0.5, 0.6) is 0 Å². The van der Waals surface area contributed by atoms with E-state index < -0.39 is 0 Å². The highest BCUT2D eigenvalue weighted by Gasteiger charge is 2.12. The Morgan fingerprint density at radius 1 is 1.50 bits per heavy atom. The molecule has 3 aromatic rings. The fraction of sp³-hybridized carbons (Fsp3) is 0.125. The lowest BCUT2D eigenvalue weighted by molar-refractivity contribution is 1.12. The number of halogens is 1. The van der Waals surface area contributed by atoms with Crippen LogP contribution in [0.1, 0.15) is 5.69 Å². The molecular weight excluding hydrogens is 220 g/mol. The van der Waals surface area contributed by atoms with Crippen LogP contribution in [0.15, 0.2) is 6.20 Å². The Labute approximate surface area is 88.1 Å². The molecule has 1 N–H and O–H groups in total. The molecule has 0 saturated heterocycles. The van der Waals surface area contributed by atoms with Crippen LogP contribution in [0.3, 0.4) is 0 Å². The van der Waals surface area contributed by atoms with E-state index in [-0.39, 0.29) is 0 Å². The van der Waals surface area contributed by atoms with Crippen LogP contribution >= 0.6 is 23.1 Å². The Hall–Kier alpha value is -1.20. The van der Waals surface area contributed by atoms with Gasteiger partial charge in [0.15, 0.2) is 5.15 Å². The SMILES string of the molecule is Cc1nsc2nc(Cl)c3[nH]ncc3c12. The molecule has 0 radical (unpaired) electrons. The highest BCUT2D eigenvalue weighted by atomic mass is 35.5. The maximum absolute atomic E-state index is 5.98. The van der Waals surface area contributed by atoms with Gasteiger partial charge in [0.2, 0.25) is 0 Å². The van der Waals surface area contributed by atoms with E-state index in [4.69, 9.17) is 11.6 Å². The van der Waals surface area contributed by atoms with Gasteiger partial charge in [-0.05, 0) is 18.5 Å². The van der Waals surface area contributed by atoms with E-state index in [1.165, 1.54) is 11.5 Å². The number of rotatable bonds is 0. The van der Waals surface area contributed by atoms with Gasteiger partial charge in [-0.25, -0.2) is 4.98 Å². The van der Waals surface area contributed by atoms with Crippen LogP contribution in [0.4, 0.5) is 0 Å². The monoisotopic (exact) mass is 224 g/mol. The van der Waals surface area contributed by atoms with Crippen LogP contribution in [0.25, 0.3) is 21.1 Å². The molecule has 3 rings (SSSR count). The highest BCUT2D eigenvalue weighted by molar-refractivity contribution is 7.13. The fourth-order valence-corrected chi connectivity index (χ4v) is 2.60. The normalized spacial score (nSPS) is 11.6. The molecule has 0 aliphatic carbocycles. The summed E-state index contributed by atoms with van der Waals surface area (Å²) in [5.74, 6) is 0. The Balaban J connectivity index is 2.69. The van der Waals surface area contributed by atoms with Crippen molar-refractivity contribution in [3.05, 3.63) is 17.0 Å². The van der Waals surface area contributed by atoms with Gasteiger partial charge in [-0.3, -0.25) is 5.10 Å². The van der Waals surface area contributed by atoms with Gasteiger partial charge < -0.3 is 0 Å². The van der Waals surface area contributed by atoms with Crippen LogP contribution < -0.4 is 0 Å². The van der Waals surface area contributed by atoms with Gasteiger partial charge in [0, 0.05) is 10.8 Å². The fourth-order valence-electron chi connectivity index (χ4n) is 1.52. The van der Waals surface area contributed by atoms with E-state index in [0.717, 1.165) is 26.8 Å². The number of pyridine rings is 1. The van der Waals surface area contributed by atoms with Crippen molar-refractivity contribution in [1.82, 2.24) is 19.6 Å². The Morgan fingerprint density at radius 3 is 3.21 bits per heavy atom. The van der Waals surface area contributed by atoms with E-state index in [1.54, 1.807) is 6.20 Å². The van der Waals surface area contributed by atoms with Crippen molar-refractivity contribution in [3.8, 4) is 0 Å². The van der Waals surface area contributed by atoms with Crippen LogP contribution in [-0.2, 0) is 0 Å². The van der Waals surface area contributed by atoms with Crippen molar-refractivity contribution in [2.75, 3.05) is 0 Å². The summed E-state index contributed by atoms with van der Waals surface area (Å²) < 4.78 is 4.25. The van der Waals surface area contributed by atoms with E-state index in [0.29, 0.717) is 5.15 Å². The molecule has 0 spiro atoms. The van der Waals surface area contributed by atoms with Gasteiger partial charge in [-0.1, -0.05) is 11.6 Å². The number of H-pyrrole nitrogens is 1. The first kappa shape index (κ1) is 8.14. The number of aromatic nitrogens is 4. The minimum absolute atomic E-state index is 0.452. The summed E-state index contributed by atoms with van der Waals surface area (Å²) in [4.78, 5) is 5.11. The molecule has 3 aromatic heterocycles. The summed E-state index contributed by atoms with van der Waals surface area (Å²) in [5.41, 5.74) is 1.75. The molecule has 0 unspecified atom stereocenters. The largest absolute Gasteiger partial charge is 0.275 e. The van der Waals surface area contributed by atoms with E-state index >= 15 is 0 Å². The molecule has 6 heteroatoms. The standard InChI is InChI=1S/C8H5ClN4S/c1-3-5-4-2-10-12-6(4)7(9)11-8(5)14-13-3/h2H,1H3,(H,10,12). The molecule has 4 nitrogen and oxygen atoms in total. The molecule has 14 heavy (non-hydrogen) atoms. The number of fused-ring (bicyclic) bond motifs is 3. The summed E-state index contributed by atoms with van der Waals surface area (Å²) in [6.45, 7) is 1.96. The molecular formula is C8H5ClN4S. The molecule has 70 valence electrons. The predicted octanol–water partition coefficient (Wildman–Crippen LogP) is 2.53. The second-order valence-corrected chi connectivity index (χ2v) is 4.12. The number of hydrogen-bond acceptors (Lipinski definition) is 4. The van der Waals surface area contributed by atoms with Crippen molar-refractivity contribution >= 4 is 44.3 Å². The lowest BCUT2D eigenvalue weighted by Crippen LogP contribution is -1.79. The molecule has 3 heterocycles. The second-order valence-electron chi connectivity index (χ2n) is 3.01. The number of hydrogen-bond donors (Lipinski definition) is 1. The van der Waals surface area contributed by atoms with Crippen molar-refractivity contribution in [2.45, 2.75) is 6.92 Å². The van der Waals surface area contributed by atoms with E-state index in [9.17, 15) is 0 Å². The third kappa shape index (κ3) is 0.908. The molecule has 0 fully saturated rings. The third-order valence-corrected chi connectivity index (χ3v) is 3.27. The molecule has 0 aliphatic heterocycles. The van der Waals surface area contributed by atoms with Crippen LogP contribution in [0.2, 0.25) is 5.15 Å². The molecule has 0 atom stereocenters.